The number of hydrogen-bond donors (Lipinski definition) is 4. The first-order chi connectivity index (χ1) is 23.2. The van der Waals surface area contributed by atoms with Crippen LogP contribution in [0.2, 0.25) is 0 Å². The van der Waals surface area contributed by atoms with Crippen molar-refractivity contribution in [2.24, 2.45) is 5.73 Å². The van der Waals surface area contributed by atoms with Gasteiger partial charge in [0.2, 0.25) is 0 Å². The average molecular weight is 666 g/mol. The van der Waals surface area contributed by atoms with Crippen LogP contribution >= 0.6 is 0 Å². The summed E-state index contributed by atoms with van der Waals surface area (Å²) in [4.78, 5) is 43.5. The maximum absolute atomic E-state index is 14.6. The first kappa shape index (κ1) is 38.3. The number of esters is 1. The molecule has 2 amide bonds. The van der Waals surface area contributed by atoms with Crippen LogP contribution in [0, 0.1) is 11.6 Å². The molecule has 2 atom stereocenters. The molecule has 3 rings (SSSR count). The Labute approximate surface area is 282 Å². The highest BCUT2D eigenvalue weighted by atomic mass is 19.1. The number of nitrogens with two attached hydrogens (primary N) is 1. The van der Waals surface area contributed by atoms with Crippen LogP contribution in [-0.4, -0.2) is 61.3 Å². The van der Waals surface area contributed by atoms with Crippen molar-refractivity contribution in [3.63, 3.8) is 0 Å². The summed E-state index contributed by atoms with van der Waals surface area (Å²) in [7, 11) is 0. The molecule has 0 aliphatic carbocycles. The predicted octanol–water partition coefficient (Wildman–Crippen LogP) is 5.47. The van der Waals surface area contributed by atoms with E-state index in [1.807, 2.05) is 51.1 Å². The van der Waals surface area contributed by atoms with Crippen molar-refractivity contribution in [2.45, 2.75) is 71.0 Å². The quantitative estimate of drug-likeness (QED) is 0.0717. The van der Waals surface area contributed by atoms with Crippen LogP contribution < -0.4 is 21.7 Å². The Kier molecular flexibility index (Phi) is 15.6. The number of ether oxygens (including phenoxy) is 1. The fourth-order valence-electron chi connectivity index (χ4n) is 5.68. The summed E-state index contributed by atoms with van der Waals surface area (Å²) in [6.07, 6.45) is 2.69. The number of carbonyl (C=O) groups excluding carboxylic acids is 3. The zero-order valence-electron chi connectivity index (χ0n) is 28.2. The van der Waals surface area contributed by atoms with Gasteiger partial charge < -0.3 is 20.7 Å². The number of amides is 2. The molecule has 0 aliphatic rings. The molecule has 0 aliphatic heterocycles. The third-order valence-electron chi connectivity index (χ3n) is 7.92. The minimum absolute atomic E-state index is 0.134. The van der Waals surface area contributed by atoms with Crippen molar-refractivity contribution in [3.05, 3.63) is 107 Å². The summed E-state index contributed by atoms with van der Waals surface area (Å²) in [6, 6.07) is 18.9. The molecule has 0 saturated heterocycles. The van der Waals surface area contributed by atoms with E-state index in [0.29, 0.717) is 38.0 Å². The summed E-state index contributed by atoms with van der Waals surface area (Å²) in [5, 5.41) is 9.12. The molecule has 9 nitrogen and oxygen atoms in total. The van der Waals surface area contributed by atoms with Crippen LogP contribution in [0.3, 0.4) is 0 Å². The molecule has 0 heterocycles. The Bertz CT molecular complexity index is 1450. The van der Waals surface area contributed by atoms with Crippen LogP contribution in [-0.2, 0) is 16.1 Å². The van der Waals surface area contributed by atoms with Crippen molar-refractivity contribution in [1.29, 1.82) is 0 Å². The molecule has 0 aromatic heterocycles. The Balaban J connectivity index is 2.05. The summed E-state index contributed by atoms with van der Waals surface area (Å²) in [6.45, 7) is 7.71. The molecule has 0 fully saturated rings. The van der Waals surface area contributed by atoms with Crippen LogP contribution in [0.5, 0.6) is 0 Å². The van der Waals surface area contributed by atoms with E-state index in [-0.39, 0.29) is 43.3 Å². The molecule has 260 valence electrons. The maximum atomic E-state index is 14.6. The minimum atomic E-state index is -1.96. The van der Waals surface area contributed by atoms with Crippen molar-refractivity contribution in [1.82, 2.24) is 20.9 Å². The Hall–Kier alpha value is -4.19. The monoisotopic (exact) mass is 665 g/mol. The van der Waals surface area contributed by atoms with Gasteiger partial charge >= 0.3 is 5.97 Å². The zero-order chi connectivity index (χ0) is 34.9. The highest BCUT2D eigenvalue weighted by molar-refractivity contribution is 6.01. The molecule has 3 aromatic rings. The van der Waals surface area contributed by atoms with Crippen LogP contribution in [0.25, 0.3) is 0 Å². The SMILES string of the molecule is CCCN[C@@](NC(=O)c1cccc(C(=O)N(CCC)CCC)c1)(C(=O)OCNCc1ccccc1)C(CCCN)c1cc(F)cc(F)c1. The van der Waals surface area contributed by atoms with Crippen LogP contribution in [0.1, 0.15) is 90.6 Å². The molecule has 5 N–H and O–H groups in total. The lowest BCUT2D eigenvalue weighted by Crippen LogP contribution is -2.68. The fraction of sp³-hybridized carbons (Fsp3) is 0.432. The lowest BCUT2D eigenvalue weighted by atomic mass is 9.81. The smallest absolute Gasteiger partial charge is 0.349 e. The van der Waals surface area contributed by atoms with E-state index in [1.54, 1.807) is 23.1 Å². The van der Waals surface area contributed by atoms with E-state index < -0.39 is 35.1 Å². The average Bonchev–Trinajstić information content (AvgIpc) is 3.08. The number of halogens is 2. The number of nitrogens with one attached hydrogen (secondary N) is 3. The Morgan fingerprint density at radius 1 is 0.875 bits per heavy atom. The van der Waals surface area contributed by atoms with Crippen molar-refractivity contribution < 1.29 is 27.9 Å². The summed E-state index contributed by atoms with van der Waals surface area (Å²) < 4.78 is 35.0. The number of benzene rings is 3. The number of hydrogen-bond acceptors (Lipinski definition) is 7. The van der Waals surface area contributed by atoms with Crippen LogP contribution in [0.15, 0.2) is 72.8 Å². The van der Waals surface area contributed by atoms with Gasteiger partial charge in [-0.25, -0.2) is 13.6 Å². The zero-order valence-corrected chi connectivity index (χ0v) is 28.2. The summed E-state index contributed by atoms with van der Waals surface area (Å²) >= 11 is 0. The molecular formula is C37H49F2N5O4. The third-order valence-corrected chi connectivity index (χ3v) is 7.92. The van der Waals surface area contributed by atoms with E-state index in [9.17, 15) is 23.2 Å². The van der Waals surface area contributed by atoms with Crippen molar-refractivity contribution >= 4 is 17.8 Å². The number of nitrogens with zero attached hydrogens (tertiary/aromatic N) is 1. The number of carbonyl (C=O) groups is 3. The van der Waals surface area contributed by atoms with Gasteiger partial charge in [-0.1, -0.05) is 57.2 Å². The maximum Gasteiger partial charge on any atom is 0.349 e. The van der Waals surface area contributed by atoms with Gasteiger partial charge in [0.1, 0.15) is 18.4 Å². The molecule has 0 saturated carbocycles. The Morgan fingerprint density at radius 3 is 2.17 bits per heavy atom. The first-order valence-corrected chi connectivity index (χ1v) is 16.7. The standard InChI is InChI=1S/C37H49F2N5O4/c1-4-18-42-37(36(47)48-26-41-25-27-12-8-7-9-13-27,33(16-11-17-40)30-22-31(38)24-32(39)23-30)43-34(45)28-14-10-15-29(21-28)35(46)44(19-5-2)20-6-3/h7-10,12-15,21-24,33,41-42H,4-6,11,16-20,25-26,40H2,1-3H3,(H,43,45)/t33?,37-/m0/s1. The topological polar surface area (TPSA) is 126 Å². The molecule has 0 bridgehead atoms. The van der Waals surface area contributed by atoms with Gasteiger partial charge in [-0.2, -0.15) is 0 Å². The molecule has 0 spiro atoms. The van der Waals surface area contributed by atoms with E-state index in [1.165, 1.54) is 6.07 Å². The van der Waals surface area contributed by atoms with Crippen molar-refractivity contribution in [2.75, 3.05) is 32.9 Å². The summed E-state index contributed by atoms with van der Waals surface area (Å²) in [5.74, 6) is -4.37. The molecule has 48 heavy (non-hydrogen) atoms. The van der Waals surface area contributed by atoms with Crippen molar-refractivity contribution in [3.8, 4) is 0 Å². The predicted molar refractivity (Wildman–Crippen MR) is 183 cm³/mol. The molecule has 11 heteroatoms. The van der Waals surface area contributed by atoms with E-state index in [2.05, 4.69) is 16.0 Å². The normalized spacial score (nSPS) is 13.0. The minimum Gasteiger partial charge on any atom is -0.447 e. The lowest BCUT2D eigenvalue weighted by Gasteiger charge is -2.40. The van der Waals surface area contributed by atoms with Gasteiger partial charge in [-0.3, -0.25) is 20.2 Å². The van der Waals surface area contributed by atoms with E-state index in [0.717, 1.165) is 36.6 Å². The molecular weight excluding hydrogens is 616 g/mol. The van der Waals surface area contributed by atoms with E-state index in [4.69, 9.17) is 10.5 Å². The fourth-order valence-corrected chi connectivity index (χ4v) is 5.68. The van der Waals surface area contributed by atoms with Gasteiger partial charge in [-0.05, 0) is 86.7 Å². The van der Waals surface area contributed by atoms with Gasteiger partial charge in [0.15, 0.2) is 5.66 Å². The third kappa shape index (κ3) is 10.7. The first-order valence-electron chi connectivity index (χ1n) is 16.7. The van der Waals surface area contributed by atoms with Gasteiger partial charge in [0.25, 0.3) is 11.8 Å². The Morgan fingerprint density at radius 2 is 1.54 bits per heavy atom. The van der Waals surface area contributed by atoms with Gasteiger partial charge in [0.05, 0.1) is 0 Å². The summed E-state index contributed by atoms with van der Waals surface area (Å²) in [5.41, 5.74) is 5.50. The molecule has 0 radical (unpaired) electrons. The molecule has 3 aromatic carbocycles. The van der Waals surface area contributed by atoms with Gasteiger partial charge in [-0.15, -0.1) is 0 Å². The molecule has 1 unspecified atom stereocenters. The second-order valence-corrected chi connectivity index (χ2v) is 11.7. The van der Waals surface area contributed by atoms with E-state index >= 15 is 0 Å². The lowest BCUT2D eigenvalue weighted by molar-refractivity contribution is -0.155. The largest absolute Gasteiger partial charge is 0.447 e. The van der Waals surface area contributed by atoms with Gasteiger partial charge in [0, 0.05) is 42.7 Å². The number of rotatable bonds is 20. The van der Waals surface area contributed by atoms with Crippen LogP contribution in [0.4, 0.5) is 8.78 Å². The highest BCUT2D eigenvalue weighted by Gasteiger charge is 2.49. The highest BCUT2D eigenvalue weighted by Crippen LogP contribution is 2.34. The second kappa shape index (κ2) is 19.6. The second-order valence-electron chi connectivity index (χ2n) is 11.7.